The minimum atomic E-state index is -0.431. The molecule has 6 heteroatoms. The first-order chi connectivity index (χ1) is 14.5. The molecule has 148 valence electrons. The lowest BCUT2D eigenvalue weighted by molar-refractivity contribution is 0.0983. The van der Waals surface area contributed by atoms with E-state index in [4.69, 9.17) is 0 Å². The maximum Gasteiger partial charge on any atom is 0.276 e. The standard InChI is InChI=1S/C24H18BrN3O2/c1-16(29)21-22(24(30)26-19-10-6-3-7-11-19)27-28(20-14-12-18(25)13-15-20)23(21)17-8-4-2-5-9-17/h2-15H,1H3,(H,26,30). The van der Waals surface area contributed by atoms with Crippen LogP contribution in [0.15, 0.2) is 89.4 Å². The predicted molar refractivity (Wildman–Crippen MR) is 121 cm³/mol. The van der Waals surface area contributed by atoms with Gasteiger partial charge in [0.1, 0.15) is 0 Å². The van der Waals surface area contributed by atoms with E-state index in [2.05, 4.69) is 26.3 Å². The van der Waals surface area contributed by atoms with Gasteiger partial charge in [0.25, 0.3) is 5.91 Å². The number of para-hydroxylation sites is 1. The summed E-state index contributed by atoms with van der Waals surface area (Å²) in [6, 6.07) is 26.1. The fourth-order valence-electron chi connectivity index (χ4n) is 3.25. The van der Waals surface area contributed by atoms with Crippen LogP contribution in [-0.2, 0) is 0 Å². The summed E-state index contributed by atoms with van der Waals surface area (Å²) in [7, 11) is 0. The second-order valence-electron chi connectivity index (χ2n) is 6.70. The molecule has 1 amide bonds. The SMILES string of the molecule is CC(=O)c1c(C(=O)Nc2ccccc2)nn(-c2ccc(Br)cc2)c1-c1ccccc1. The molecule has 5 nitrogen and oxygen atoms in total. The molecule has 0 bridgehead atoms. The molecular formula is C24H18BrN3O2. The number of carbonyl (C=O) groups is 2. The van der Waals surface area contributed by atoms with E-state index in [1.54, 1.807) is 16.8 Å². The third-order valence-corrected chi connectivity index (χ3v) is 5.13. The third-order valence-electron chi connectivity index (χ3n) is 4.60. The van der Waals surface area contributed by atoms with E-state index in [1.807, 2.05) is 72.8 Å². The number of carbonyl (C=O) groups excluding carboxylic acids is 2. The van der Waals surface area contributed by atoms with Gasteiger partial charge in [0.2, 0.25) is 0 Å². The van der Waals surface area contributed by atoms with Gasteiger partial charge in [0.05, 0.1) is 16.9 Å². The molecule has 0 spiro atoms. The van der Waals surface area contributed by atoms with Crippen LogP contribution in [0, 0.1) is 0 Å². The van der Waals surface area contributed by atoms with Crippen LogP contribution in [0.3, 0.4) is 0 Å². The van der Waals surface area contributed by atoms with E-state index < -0.39 is 5.91 Å². The largest absolute Gasteiger partial charge is 0.321 e. The van der Waals surface area contributed by atoms with Crippen molar-refractivity contribution in [3.63, 3.8) is 0 Å². The predicted octanol–water partition coefficient (Wildman–Crippen LogP) is 5.76. The summed E-state index contributed by atoms with van der Waals surface area (Å²) in [6.07, 6.45) is 0. The van der Waals surface area contributed by atoms with E-state index in [-0.39, 0.29) is 17.0 Å². The van der Waals surface area contributed by atoms with Crippen molar-refractivity contribution >= 4 is 33.3 Å². The second kappa shape index (κ2) is 8.47. The van der Waals surface area contributed by atoms with Gasteiger partial charge < -0.3 is 5.32 Å². The molecule has 0 aliphatic carbocycles. The normalized spacial score (nSPS) is 10.6. The van der Waals surface area contributed by atoms with Gasteiger partial charge in [-0.15, -0.1) is 0 Å². The molecule has 1 aromatic heterocycles. The summed E-state index contributed by atoms with van der Waals surface area (Å²) in [4.78, 5) is 25.8. The first-order valence-electron chi connectivity index (χ1n) is 9.36. The quantitative estimate of drug-likeness (QED) is 0.386. The Morgan fingerprint density at radius 3 is 2.07 bits per heavy atom. The lowest BCUT2D eigenvalue weighted by Gasteiger charge is -2.09. The van der Waals surface area contributed by atoms with Crippen molar-refractivity contribution in [3.8, 4) is 16.9 Å². The Bertz CT molecular complexity index is 1200. The lowest BCUT2D eigenvalue weighted by Crippen LogP contribution is -2.16. The summed E-state index contributed by atoms with van der Waals surface area (Å²) in [5, 5.41) is 7.40. The van der Waals surface area contributed by atoms with Crippen molar-refractivity contribution < 1.29 is 9.59 Å². The van der Waals surface area contributed by atoms with Crippen molar-refractivity contribution in [2.45, 2.75) is 6.92 Å². The summed E-state index contributed by atoms with van der Waals surface area (Å²) < 4.78 is 2.58. The van der Waals surface area contributed by atoms with Crippen LogP contribution >= 0.6 is 15.9 Å². The molecule has 1 heterocycles. The zero-order valence-corrected chi connectivity index (χ0v) is 17.8. The van der Waals surface area contributed by atoms with Gasteiger partial charge in [-0.1, -0.05) is 64.5 Å². The van der Waals surface area contributed by atoms with Crippen molar-refractivity contribution in [3.05, 3.63) is 101 Å². The number of nitrogens with one attached hydrogen (secondary N) is 1. The highest BCUT2D eigenvalue weighted by atomic mass is 79.9. The highest BCUT2D eigenvalue weighted by Crippen LogP contribution is 2.30. The molecule has 3 aromatic carbocycles. The summed E-state index contributed by atoms with van der Waals surface area (Å²) >= 11 is 3.44. The molecule has 0 radical (unpaired) electrons. The van der Waals surface area contributed by atoms with E-state index >= 15 is 0 Å². The average molecular weight is 460 g/mol. The van der Waals surface area contributed by atoms with Crippen LogP contribution < -0.4 is 5.32 Å². The number of amides is 1. The first-order valence-corrected chi connectivity index (χ1v) is 10.2. The van der Waals surface area contributed by atoms with Crippen LogP contribution in [0.5, 0.6) is 0 Å². The highest BCUT2D eigenvalue weighted by molar-refractivity contribution is 9.10. The van der Waals surface area contributed by atoms with E-state index in [1.165, 1.54) is 6.92 Å². The third kappa shape index (κ3) is 3.95. The summed E-state index contributed by atoms with van der Waals surface area (Å²) in [5.74, 6) is -0.658. The number of aromatic nitrogens is 2. The Morgan fingerprint density at radius 1 is 0.867 bits per heavy atom. The van der Waals surface area contributed by atoms with E-state index in [0.717, 1.165) is 15.7 Å². The number of ketones is 1. The molecule has 0 fully saturated rings. The minimum Gasteiger partial charge on any atom is -0.321 e. The van der Waals surface area contributed by atoms with E-state index in [9.17, 15) is 9.59 Å². The number of anilines is 1. The Balaban J connectivity index is 1.91. The zero-order valence-electron chi connectivity index (χ0n) is 16.2. The number of hydrogen-bond acceptors (Lipinski definition) is 3. The lowest BCUT2D eigenvalue weighted by atomic mass is 10.0. The molecule has 0 unspecified atom stereocenters. The Morgan fingerprint density at radius 2 is 1.47 bits per heavy atom. The van der Waals surface area contributed by atoms with Crippen LogP contribution in [0.25, 0.3) is 16.9 Å². The highest BCUT2D eigenvalue weighted by Gasteiger charge is 2.27. The summed E-state index contributed by atoms with van der Waals surface area (Å²) in [5.41, 5.74) is 3.15. The average Bonchev–Trinajstić information content (AvgIpc) is 3.17. The molecule has 0 saturated heterocycles. The van der Waals surface area contributed by atoms with Crippen molar-refractivity contribution in [1.82, 2.24) is 9.78 Å². The van der Waals surface area contributed by atoms with Crippen LogP contribution in [-0.4, -0.2) is 21.5 Å². The maximum atomic E-state index is 13.1. The molecule has 1 N–H and O–H groups in total. The molecule has 0 aliphatic heterocycles. The maximum absolute atomic E-state index is 13.1. The smallest absolute Gasteiger partial charge is 0.276 e. The molecular weight excluding hydrogens is 442 g/mol. The second-order valence-corrected chi connectivity index (χ2v) is 7.62. The fourth-order valence-corrected chi connectivity index (χ4v) is 3.52. The number of hydrogen-bond donors (Lipinski definition) is 1. The molecule has 4 rings (SSSR count). The van der Waals surface area contributed by atoms with Gasteiger partial charge in [-0.25, -0.2) is 4.68 Å². The van der Waals surface area contributed by atoms with Gasteiger partial charge in [0, 0.05) is 15.7 Å². The van der Waals surface area contributed by atoms with Gasteiger partial charge in [-0.2, -0.15) is 5.10 Å². The minimum absolute atomic E-state index is 0.0909. The topological polar surface area (TPSA) is 64.0 Å². The first kappa shape index (κ1) is 19.8. The van der Waals surface area contributed by atoms with Crippen LogP contribution in [0.4, 0.5) is 5.69 Å². The van der Waals surface area contributed by atoms with Crippen molar-refractivity contribution in [2.24, 2.45) is 0 Å². The summed E-state index contributed by atoms with van der Waals surface area (Å²) in [6.45, 7) is 1.45. The number of halogens is 1. The van der Waals surface area contributed by atoms with Crippen molar-refractivity contribution in [2.75, 3.05) is 5.32 Å². The van der Waals surface area contributed by atoms with Crippen molar-refractivity contribution in [1.29, 1.82) is 0 Å². The number of benzene rings is 3. The molecule has 4 aromatic rings. The van der Waals surface area contributed by atoms with Gasteiger partial charge in [0.15, 0.2) is 11.5 Å². The van der Waals surface area contributed by atoms with E-state index in [0.29, 0.717) is 11.4 Å². The van der Waals surface area contributed by atoms with Crippen LogP contribution in [0.2, 0.25) is 0 Å². The Kier molecular flexibility index (Phi) is 5.59. The number of Topliss-reactive ketones (excluding diaryl/α,β-unsaturated/α-hetero) is 1. The monoisotopic (exact) mass is 459 g/mol. The number of rotatable bonds is 5. The number of nitrogens with zero attached hydrogens (tertiary/aromatic N) is 2. The molecule has 0 atom stereocenters. The zero-order chi connectivity index (χ0) is 21.1. The fraction of sp³-hybridized carbons (Fsp3) is 0.0417. The van der Waals surface area contributed by atoms with Crippen LogP contribution in [0.1, 0.15) is 27.8 Å². The van der Waals surface area contributed by atoms with Gasteiger partial charge in [-0.05, 0) is 43.3 Å². The molecule has 0 aliphatic rings. The molecule has 0 saturated carbocycles. The molecule has 30 heavy (non-hydrogen) atoms. The Labute approximate surface area is 182 Å². The Hall–Kier alpha value is -3.51. The van der Waals surface area contributed by atoms with Gasteiger partial charge in [-0.3, -0.25) is 9.59 Å². The van der Waals surface area contributed by atoms with Gasteiger partial charge >= 0.3 is 0 Å².